The van der Waals surface area contributed by atoms with Crippen molar-refractivity contribution in [1.82, 2.24) is 0 Å². The summed E-state index contributed by atoms with van der Waals surface area (Å²) in [5.74, 6) is 0.508. The van der Waals surface area contributed by atoms with E-state index in [0.717, 1.165) is 16.4 Å². The molecule has 0 heterocycles. The van der Waals surface area contributed by atoms with E-state index in [9.17, 15) is 23.3 Å². The highest BCUT2D eigenvalue weighted by molar-refractivity contribution is 7.93. The minimum atomic E-state index is -4.45. The summed E-state index contributed by atoms with van der Waals surface area (Å²) >= 11 is 5.55. The largest absolute Gasteiger partial charge is 0.494 e. The van der Waals surface area contributed by atoms with Crippen molar-refractivity contribution in [2.45, 2.75) is 24.8 Å². The maximum atomic E-state index is 13.2. The Bertz CT molecular complexity index is 946. The molecule has 2 aromatic carbocycles. The van der Waals surface area contributed by atoms with Crippen LogP contribution >= 0.6 is 11.6 Å². The van der Waals surface area contributed by atoms with Gasteiger partial charge in [0.05, 0.1) is 17.2 Å². The second kappa shape index (κ2) is 8.36. The summed E-state index contributed by atoms with van der Waals surface area (Å²) in [5, 5.41) is 10.3. The van der Waals surface area contributed by atoms with Gasteiger partial charge >= 0.3 is 0 Å². The van der Waals surface area contributed by atoms with Crippen LogP contribution < -0.4 is 9.04 Å². The van der Waals surface area contributed by atoms with E-state index in [1.54, 1.807) is 6.92 Å². The summed E-state index contributed by atoms with van der Waals surface area (Å²) in [4.78, 5) is 21.7. The van der Waals surface area contributed by atoms with E-state index in [1.165, 1.54) is 43.3 Å². The Morgan fingerprint density at radius 1 is 1.22 bits per heavy atom. The molecule has 0 saturated carbocycles. The molecular formula is C17H17ClN2O6S. The molecule has 0 spiro atoms. The SMILES string of the molecule is CCOc1ccc(N(C(C)C(=O)Cl)S(=O)(=O)c2ccccc2[N+](=O)[O-])cc1. The molecule has 0 aliphatic carbocycles. The van der Waals surface area contributed by atoms with Crippen LogP contribution in [0.3, 0.4) is 0 Å². The maximum Gasteiger partial charge on any atom is 0.289 e. The second-order valence-corrected chi connectivity index (χ2v) is 7.59. The zero-order valence-corrected chi connectivity index (χ0v) is 16.1. The van der Waals surface area contributed by atoms with Crippen LogP contribution in [0.15, 0.2) is 53.4 Å². The molecule has 2 aromatic rings. The first-order valence-corrected chi connectivity index (χ1v) is 9.72. The molecule has 27 heavy (non-hydrogen) atoms. The number of hydrogen-bond donors (Lipinski definition) is 0. The zero-order chi connectivity index (χ0) is 20.2. The van der Waals surface area contributed by atoms with Gasteiger partial charge in [-0.25, -0.2) is 8.42 Å². The van der Waals surface area contributed by atoms with Crippen molar-refractivity contribution < 1.29 is 22.9 Å². The molecule has 0 aromatic heterocycles. The predicted molar refractivity (Wildman–Crippen MR) is 101 cm³/mol. The van der Waals surface area contributed by atoms with Crippen molar-refractivity contribution >= 4 is 38.2 Å². The van der Waals surface area contributed by atoms with Crippen LogP contribution in [0.25, 0.3) is 0 Å². The second-order valence-electron chi connectivity index (χ2n) is 5.43. The predicted octanol–water partition coefficient (Wildman–Crippen LogP) is 3.34. The number of carbonyl (C=O) groups is 1. The number of carbonyl (C=O) groups excluding carboxylic acids is 1. The van der Waals surface area contributed by atoms with Crippen LogP contribution in [-0.2, 0) is 14.8 Å². The van der Waals surface area contributed by atoms with Gasteiger partial charge in [0, 0.05) is 6.07 Å². The van der Waals surface area contributed by atoms with Crippen molar-refractivity contribution in [3.05, 3.63) is 58.6 Å². The standard InChI is InChI=1S/C17H17ClN2O6S/c1-3-26-14-10-8-13(9-11-14)19(12(2)17(18)21)27(24,25)16-7-5-4-6-15(16)20(22)23/h4-12H,3H2,1-2H3. The Morgan fingerprint density at radius 3 is 2.33 bits per heavy atom. The summed E-state index contributed by atoms with van der Waals surface area (Å²) < 4.78 is 32.5. The van der Waals surface area contributed by atoms with Gasteiger partial charge in [0.15, 0.2) is 4.90 Å². The van der Waals surface area contributed by atoms with E-state index in [4.69, 9.17) is 16.3 Å². The normalized spacial score (nSPS) is 12.3. The first-order valence-electron chi connectivity index (χ1n) is 7.90. The summed E-state index contributed by atoms with van der Waals surface area (Å²) in [6.45, 7) is 3.53. The van der Waals surface area contributed by atoms with Crippen LogP contribution in [-0.4, -0.2) is 31.2 Å². The lowest BCUT2D eigenvalue weighted by molar-refractivity contribution is -0.387. The number of nitro groups is 1. The van der Waals surface area contributed by atoms with E-state index in [1.807, 2.05) is 0 Å². The van der Waals surface area contributed by atoms with Crippen LogP contribution in [0.1, 0.15) is 13.8 Å². The number of para-hydroxylation sites is 1. The first-order chi connectivity index (χ1) is 12.7. The number of nitrogens with zero attached hydrogens (tertiary/aromatic N) is 2. The van der Waals surface area contributed by atoms with E-state index in [0.29, 0.717) is 12.4 Å². The molecule has 1 atom stereocenters. The van der Waals surface area contributed by atoms with Crippen molar-refractivity contribution in [3.8, 4) is 5.75 Å². The first kappa shape index (κ1) is 20.7. The highest BCUT2D eigenvalue weighted by Crippen LogP contribution is 2.32. The fourth-order valence-electron chi connectivity index (χ4n) is 2.45. The van der Waals surface area contributed by atoms with Crippen molar-refractivity contribution in [2.75, 3.05) is 10.9 Å². The number of hydrogen-bond acceptors (Lipinski definition) is 6. The average molecular weight is 413 g/mol. The Morgan fingerprint density at radius 2 is 1.81 bits per heavy atom. The van der Waals surface area contributed by atoms with Crippen LogP contribution in [0, 0.1) is 10.1 Å². The molecule has 0 saturated heterocycles. The van der Waals surface area contributed by atoms with Gasteiger partial charge in [-0.15, -0.1) is 0 Å². The van der Waals surface area contributed by atoms with Gasteiger partial charge in [0.25, 0.3) is 15.7 Å². The number of halogens is 1. The fraction of sp³-hybridized carbons (Fsp3) is 0.235. The average Bonchev–Trinajstić information content (AvgIpc) is 2.63. The fourth-order valence-corrected chi connectivity index (χ4v) is 4.39. The van der Waals surface area contributed by atoms with Crippen molar-refractivity contribution in [3.63, 3.8) is 0 Å². The highest BCUT2D eigenvalue weighted by Gasteiger charge is 2.36. The van der Waals surface area contributed by atoms with Gasteiger partial charge in [-0.1, -0.05) is 12.1 Å². The quantitative estimate of drug-likeness (QED) is 0.374. The molecule has 0 bridgehead atoms. The lowest BCUT2D eigenvalue weighted by atomic mass is 10.2. The number of sulfonamides is 1. The molecule has 0 fully saturated rings. The molecule has 8 nitrogen and oxygen atoms in total. The number of anilines is 1. The molecule has 0 aliphatic rings. The summed E-state index contributed by atoms with van der Waals surface area (Å²) in [7, 11) is -4.45. The van der Waals surface area contributed by atoms with Crippen molar-refractivity contribution in [1.29, 1.82) is 0 Å². The third-order valence-electron chi connectivity index (χ3n) is 3.68. The van der Waals surface area contributed by atoms with Gasteiger partial charge in [-0.3, -0.25) is 19.2 Å². The van der Waals surface area contributed by atoms with Gasteiger partial charge in [-0.05, 0) is 55.8 Å². The number of benzene rings is 2. The molecule has 10 heteroatoms. The van der Waals surface area contributed by atoms with Crippen molar-refractivity contribution in [2.24, 2.45) is 0 Å². The van der Waals surface area contributed by atoms with Gasteiger partial charge < -0.3 is 4.74 Å². The zero-order valence-electron chi connectivity index (χ0n) is 14.5. The van der Waals surface area contributed by atoms with Crippen LogP contribution in [0.5, 0.6) is 5.75 Å². The Hall–Kier alpha value is -2.65. The Balaban J connectivity index is 2.64. The summed E-state index contributed by atoms with van der Waals surface area (Å²) in [6.07, 6.45) is 0. The van der Waals surface area contributed by atoms with Gasteiger partial charge in [-0.2, -0.15) is 0 Å². The van der Waals surface area contributed by atoms with Gasteiger partial charge in [0.2, 0.25) is 5.24 Å². The molecule has 0 aliphatic heterocycles. The van der Waals surface area contributed by atoms with Crippen LogP contribution in [0.2, 0.25) is 0 Å². The highest BCUT2D eigenvalue weighted by atomic mass is 35.5. The minimum absolute atomic E-state index is 0.123. The number of ether oxygens (including phenoxy) is 1. The monoisotopic (exact) mass is 412 g/mol. The van der Waals surface area contributed by atoms with E-state index in [-0.39, 0.29) is 5.69 Å². The summed E-state index contributed by atoms with van der Waals surface area (Å²) in [5.41, 5.74) is -0.472. The maximum absolute atomic E-state index is 13.2. The summed E-state index contributed by atoms with van der Waals surface area (Å²) in [6, 6.07) is 9.57. The van der Waals surface area contributed by atoms with Crippen LogP contribution in [0.4, 0.5) is 11.4 Å². The van der Waals surface area contributed by atoms with Gasteiger partial charge in [0.1, 0.15) is 11.8 Å². The van der Waals surface area contributed by atoms with E-state index in [2.05, 4.69) is 0 Å². The molecule has 1 unspecified atom stereocenters. The lowest BCUT2D eigenvalue weighted by Gasteiger charge is -2.28. The number of rotatable bonds is 8. The topological polar surface area (TPSA) is 107 Å². The van der Waals surface area contributed by atoms with E-state index < -0.39 is 36.8 Å². The van der Waals surface area contributed by atoms with E-state index >= 15 is 0 Å². The third-order valence-corrected chi connectivity index (χ3v) is 5.94. The minimum Gasteiger partial charge on any atom is -0.494 e. The lowest BCUT2D eigenvalue weighted by Crippen LogP contribution is -2.42. The number of nitro benzene ring substituents is 1. The molecule has 2 rings (SSSR count). The molecule has 0 radical (unpaired) electrons. The molecular weight excluding hydrogens is 396 g/mol. The smallest absolute Gasteiger partial charge is 0.289 e. The Labute approximate surface area is 161 Å². The molecule has 0 N–H and O–H groups in total. The molecule has 144 valence electrons. The molecule has 0 amide bonds. The third kappa shape index (κ3) is 4.37. The Kier molecular flexibility index (Phi) is 6.40.